The van der Waals surface area contributed by atoms with Gasteiger partial charge in [-0.2, -0.15) is 0 Å². The molecule has 1 heterocycles. The maximum Gasteiger partial charge on any atom is 0.0331 e. The van der Waals surface area contributed by atoms with Crippen molar-refractivity contribution in [2.24, 2.45) is 5.73 Å². The molecule has 2 rings (SSSR count). The molecule has 15 heavy (non-hydrogen) atoms. The van der Waals surface area contributed by atoms with E-state index in [4.69, 9.17) is 5.73 Å². The summed E-state index contributed by atoms with van der Waals surface area (Å²) in [5, 5.41) is 0. The maximum absolute atomic E-state index is 5.93. The van der Waals surface area contributed by atoms with Crippen molar-refractivity contribution in [3.63, 3.8) is 0 Å². The molecule has 1 aromatic rings. The fourth-order valence-corrected chi connectivity index (χ4v) is 2.79. The Morgan fingerprint density at radius 3 is 2.80 bits per heavy atom. The van der Waals surface area contributed by atoms with Gasteiger partial charge in [0.25, 0.3) is 0 Å². The number of hydrogen-bond acceptors (Lipinski definition) is 2. The standard InChI is InChI=1S/C12H17BrN2/c1-9(15-7-6-10(14)8-15)11-4-2-3-5-12(11)13/h2-5,9-10H,6-8,14H2,1H3/t9?,10-/m0/s1. The van der Waals surface area contributed by atoms with Crippen molar-refractivity contribution < 1.29 is 0 Å². The predicted octanol–water partition coefficient (Wildman–Crippen LogP) is 2.54. The number of halogens is 1. The summed E-state index contributed by atoms with van der Waals surface area (Å²) in [7, 11) is 0. The van der Waals surface area contributed by atoms with Crippen LogP contribution >= 0.6 is 15.9 Å². The molecule has 1 saturated heterocycles. The van der Waals surface area contributed by atoms with Gasteiger partial charge in [0, 0.05) is 29.6 Å². The zero-order valence-corrected chi connectivity index (χ0v) is 10.6. The highest BCUT2D eigenvalue weighted by molar-refractivity contribution is 9.10. The molecule has 0 bridgehead atoms. The molecule has 0 aliphatic carbocycles. The molecule has 1 aliphatic heterocycles. The first-order chi connectivity index (χ1) is 7.18. The van der Waals surface area contributed by atoms with Crippen molar-refractivity contribution in [1.29, 1.82) is 0 Å². The van der Waals surface area contributed by atoms with Crippen LogP contribution in [0.15, 0.2) is 28.7 Å². The summed E-state index contributed by atoms with van der Waals surface area (Å²) >= 11 is 3.60. The predicted molar refractivity (Wildman–Crippen MR) is 66.7 cm³/mol. The second kappa shape index (κ2) is 4.64. The summed E-state index contributed by atoms with van der Waals surface area (Å²) < 4.78 is 1.19. The van der Waals surface area contributed by atoms with Gasteiger partial charge in [0.1, 0.15) is 0 Å². The topological polar surface area (TPSA) is 29.3 Å². The summed E-state index contributed by atoms with van der Waals surface area (Å²) in [6, 6.07) is 9.23. The van der Waals surface area contributed by atoms with Crippen LogP contribution in [0.3, 0.4) is 0 Å². The van der Waals surface area contributed by atoms with Gasteiger partial charge in [0.05, 0.1) is 0 Å². The fourth-order valence-electron chi connectivity index (χ4n) is 2.18. The summed E-state index contributed by atoms with van der Waals surface area (Å²) in [4.78, 5) is 2.45. The number of nitrogens with zero attached hydrogens (tertiary/aromatic N) is 1. The van der Waals surface area contributed by atoms with Crippen LogP contribution in [0, 0.1) is 0 Å². The van der Waals surface area contributed by atoms with Crippen LogP contribution in [0.5, 0.6) is 0 Å². The van der Waals surface area contributed by atoms with Crippen molar-refractivity contribution in [3.05, 3.63) is 34.3 Å². The fraction of sp³-hybridized carbons (Fsp3) is 0.500. The molecular formula is C12H17BrN2. The summed E-state index contributed by atoms with van der Waals surface area (Å²) in [5.74, 6) is 0. The zero-order chi connectivity index (χ0) is 10.8. The first kappa shape index (κ1) is 11.1. The lowest BCUT2D eigenvalue weighted by atomic mass is 10.1. The van der Waals surface area contributed by atoms with Crippen LogP contribution in [0.1, 0.15) is 24.9 Å². The molecule has 1 aromatic carbocycles. The van der Waals surface area contributed by atoms with E-state index in [0.717, 1.165) is 19.5 Å². The normalized spacial score (nSPS) is 24.3. The third kappa shape index (κ3) is 2.41. The first-order valence-corrected chi connectivity index (χ1v) is 6.22. The SMILES string of the molecule is CC(c1ccccc1Br)N1CC[C@H](N)C1. The Bertz CT molecular complexity index is 340. The van der Waals surface area contributed by atoms with E-state index in [2.05, 4.69) is 52.0 Å². The molecule has 0 amide bonds. The van der Waals surface area contributed by atoms with Gasteiger partial charge < -0.3 is 5.73 Å². The Labute approximate surface area is 99.6 Å². The number of benzene rings is 1. The van der Waals surface area contributed by atoms with E-state index in [1.807, 2.05) is 0 Å². The highest BCUT2D eigenvalue weighted by Gasteiger charge is 2.25. The number of rotatable bonds is 2. The van der Waals surface area contributed by atoms with Gasteiger partial charge in [0.2, 0.25) is 0 Å². The molecule has 1 unspecified atom stereocenters. The van der Waals surface area contributed by atoms with Crippen LogP contribution in [-0.4, -0.2) is 24.0 Å². The van der Waals surface area contributed by atoms with Crippen LogP contribution in [0.4, 0.5) is 0 Å². The summed E-state index contributed by atoms with van der Waals surface area (Å²) in [6.07, 6.45) is 1.12. The van der Waals surface area contributed by atoms with E-state index in [9.17, 15) is 0 Å². The highest BCUT2D eigenvalue weighted by Crippen LogP contribution is 2.29. The molecular weight excluding hydrogens is 252 g/mol. The number of nitrogens with two attached hydrogens (primary N) is 1. The molecule has 1 fully saturated rings. The minimum Gasteiger partial charge on any atom is -0.326 e. The van der Waals surface area contributed by atoms with Crippen LogP contribution in [-0.2, 0) is 0 Å². The third-order valence-electron chi connectivity index (χ3n) is 3.16. The average molecular weight is 269 g/mol. The van der Waals surface area contributed by atoms with E-state index in [0.29, 0.717) is 12.1 Å². The smallest absolute Gasteiger partial charge is 0.0331 e. The van der Waals surface area contributed by atoms with Crippen LogP contribution in [0.2, 0.25) is 0 Å². The lowest BCUT2D eigenvalue weighted by molar-refractivity contribution is 0.259. The van der Waals surface area contributed by atoms with E-state index in [-0.39, 0.29) is 0 Å². The van der Waals surface area contributed by atoms with Gasteiger partial charge in [-0.3, -0.25) is 4.90 Å². The largest absolute Gasteiger partial charge is 0.326 e. The molecule has 0 radical (unpaired) electrons. The lowest BCUT2D eigenvalue weighted by Crippen LogP contribution is -2.28. The van der Waals surface area contributed by atoms with Crippen molar-refractivity contribution in [1.82, 2.24) is 4.90 Å². The highest BCUT2D eigenvalue weighted by atomic mass is 79.9. The average Bonchev–Trinajstić information content (AvgIpc) is 2.65. The molecule has 2 atom stereocenters. The molecule has 82 valence electrons. The van der Waals surface area contributed by atoms with Crippen molar-refractivity contribution >= 4 is 15.9 Å². The molecule has 0 saturated carbocycles. The van der Waals surface area contributed by atoms with Gasteiger partial charge in [-0.05, 0) is 25.0 Å². The molecule has 1 aliphatic rings. The molecule has 0 aromatic heterocycles. The Balaban J connectivity index is 2.14. The van der Waals surface area contributed by atoms with Crippen LogP contribution in [0.25, 0.3) is 0 Å². The Morgan fingerprint density at radius 1 is 1.47 bits per heavy atom. The second-order valence-corrected chi connectivity index (χ2v) is 5.10. The van der Waals surface area contributed by atoms with Crippen molar-refractivity contribution in [3.8, 4) is 0 Å². The molecule has 0 spiro atoms. The minimum absolute atomic E-state index is 0.356. The number of likely N-dealkylation sites (tertiary alicyclic amines) is 1. The van der Waals surface area contributed by atoms with E-state index >= 15 is 0 Å². The summed E-state index contributed by atoms with van der Waals surface area (Å²) in [6.45, 7) is 4.38. The van der Waals surface area contributed by atoms with E-state index in [1.165, 1.54) is 10.0 Å². The Kier molecular flexibility index (Phi) is 3.44. The minimum atomic E-state index is 0.356. The molecule has 2 N–H and O–H groups in total. The van der Waals surface area contributed by atoms with Crippen molar-refractivity contribution in [2.75, 3.05) is 13.1 Å². The second-order valence-electron chi connectivity index (χ2n) is 4.24. The Hall–Kier alpha value is -0.380. The van der Waals surface area contributed by atoms with Crippen LogP contribution < -0.4 is 5.73 Å². The Morgan fingerprint density at radius 2 is 2.20 bits per heavy atom. The van der Waals surface area contributed by atoms with Gasteiger partial charge in [-0.15, -0.1) is 0 Å². The first-order valence-electron chi connectivity index (χ1n) is 5.42. The quantitative estimate of drug-likeness (QED) is 0.894. The van der Waals surface area contributed by atoms with Gasteiger partial charge in [-0.1, -0.05) is 34.1 Å². The lowest BCUT2D eigenvalue weighted by Gasteiger charge is -2.25. The van der Waals surface area contributed by atoms with Crippen molar-refractivity contribution in [2.45, 2.75) is 25.4 Å². The molecule has 2 nitrogen and oxygen atoms in total. The van der Waals surface area contributed by atoms with Gasteiger partial charge in [0.15, 0.2) is 0 Å². The number of hydrogen-bond donors (Lipinski definition) is 1. The zero-order valence-electron chi connectivity index (χ0n) is 8.99. The monoisotopic (exact) mass is 268 g/mol. The van der Waals surface area contributed by atoms with Gasteiger partial charge in [-0.25, -0.2) is 0 Å². The maximum atomic E-state index is 5.93. The third-order valence-corrected chi connectivity index (χ3v) is 3.88. The van der Waals surface area contributed by atoms with E-state index in [1.54, 1.807) is 0 Å². The summed E-state index contributed by atoms with van der Waals surface area (Å²) in [5.41, 5.74) is 7.28. The van der Waals surface area contributed by atoms with E-state index < -0.39 is 0 Å². The van der Waals surface area contributed by atoms with Gasteiger partial charge >= 0.3 is 0 Å². The molecule has 3 heteroatoms.